The standard InChI is InChI=1S/C25H16N4O3/c26-14-17-9-10-18-12-21-23(27-25(31)28-24(21)30)29(22(18)11-17)19-7-4-8-20(13-19)32-15-16-5-2-1-3-6-16/h1-13H,15H2,(H,28,30,31). The molecule has 1 N–H and O–H groups in total. The van der Waals surface area contributed by atoms with Crippen LogP contribution in [0.5, 0.6) is 5.75 Å². The first-order valence-electron chi connectivity index (χ1n) is 9.89. The van der Waals surface area contributed by atoms with Crippen molar-refractivity contribution in [2.75, 3.05) is 0 Å². The van der Waals surface area contributed by atoms with Crippen molar-refractivity contribution in [3.8, 4) is 28.9 Å². The molecule has 2 aliphatic heterocycles. The molecule has 0 saturated heterocycles. The average molecular weight is 420 g/mol. The van der Waals surface area contributed by atoms with Crippen molar-refractivity contribution in [2.24, 2.45) is 0 Å². The van der Waals surface area contributed by atoms with Gasteiger partial charge in [0.25, 0.3) is 5.56 Å². The number of ether oxygens (including phenoxy) is 1. The highest BCUT2D eigenvalue weighted by molar-refractivity contribution is 5.88. The number of hydrogen-bond acceptors (Lipinski definition) is 5. The van der Waals surface area contributed by atoms with Crippen molar-refractivity contribution < 1.29 is 4.74 Å². The summed E-state index contributed by atoms with van der Waals surface area (Å²) >= 11 is 0. The van der Waals surface area contributed by atoms with Crippen LogP contribution < -0.4 is 16.0 Å². The number of nitrogens with zero attached hydrogens (tertiary/aromatic N) is 3. The van der Waals surface area contributed by atoms with Crippen LogP contribution in [0.4, 0.5) is 0 Å². The number of benzene rings is 3. The van der Waals surface area contributed by atoms with E-state index in [4.69, 9.17) is 4.74 Å². The lowest BCUT2D eigenvalue weighted by Crippen LogP contribution is -2.27. The van der Waals surface area contributed by atoms with Crippen LogP contribution in [0, 0.1) is 11.3 Å². The predicted octanol–water partition coefficient (Wildman–Crippen LogP) is 3.63. The first-order chi connectivity index (χ1) is 15.6. The Kier molecular flexibility index (Phi) is 4.73. The summed E-state index contributed by atoms with van der Waals surface area (Å²) in [5.74, 6) is 0.828. The van der Waals surface area contributed by atoms with E-state index in [1.165, 1.54) is 0 Å². The molecule has 3 aromatic carbocycles. The third kappa shape index (κ3) is 3.50. The number of H-pyrrole nitrogens is 1. The SMILES string of the molecule is N#Cc1ccc2cc3c(=O)[nH]c(=O)nc-3n(-c3cccc(OCc4ccccc4)c3)c2c1. The summed E-state index contributed by atoms with van der Waals surface area (Å²) in [6.45, 7) is 0.395. The molecule has 0 amide bonds. The molecular weight excluding hydrogens is 404 g/mol. The Hall–Kier alpha value is -4.70. The molecule has 3 aromatic rings. The molecule has 0 fully saturated rings. The van der Waals surface area contributed by atoms with Gasteiger partial charge < -0.3 is 4.74 Å². The van der Waals surface area contributed by atoms with Crippen molar-refractivity contribution in [1.29, 1.82) is 5.26 Å². The van der Waals surface area contributed by atoms with E-state index in [2.05, 4.69) is 16.0 Å². The minimum Gasteiger partial charge on any atom is -0.489 e. The fourth-order valence-corrected chi connectivity index (χ4v) is 3.66. The van der Waals surface area contributed by atoms with Crippen molar-refractivity contribution in [2.45, 2.75) is 6.61 Å². The summed E-state index contributed by atoms with van der Waals surface area (Å²) in [6.07, 6.45) is 0. The zero-order valence-electron chi connectivity index (χ0n) is 16.8. The van der Waals surface area contributed by atoms with Crippen LogP contribution in [-0.4, -0.2) is 14.5 Å². The minimum atomic E-state index is -0.733. The van der Waals surface area contributed by atoms with Gasteiger partial charge in [0.1, 0.15) is 12.4 Å². The van der Waals surface area contributed by atoms with Crippen molar-refractivity contribution in [1.82, 2.24) is 14.5 Å². The van der Waals surface area contributed by atoms with Crippen LogP contribution in [0.3, 0.4) is 0 Å². The molecule has 0 bridgehead atoms. The van der Waals surface area contributed by atoms with Crippen LogP contribution in [0.15, 0.2) is 88.5 Å². The second kappa shape index (κ2) is 7.85. The molecule has 0 radical (unpaired) electrons. The molecule has 0 aliphatic carbocycles. The van der Waals surface area contributed by atoms with Gasteiger partial charge in [-0.15, -0.1) is 0 Å². The molecule has 7 nitrogen and oxygen atoms in total. The number of fused-ring (bicyclic) bond motifs is 2. The maximum atomic E-state index is 12.5. The van der Waals surface area contributed by atoms with Gasteiger partial charge in [0.15, 0.2) is 5.82 Å². The summed E-state index contributed by atoms with van der Waals surface area (Å²) in [7, 11) is 0. The number of pyridine rings is 1. The van der Waals surface area contributed by atoms with E-state index in [-0.39, 0.29) is 11.4 Å². The monoisotopic (exact) mass is 420 g/mol. The molecule has 154 valence electrons. The van der Waals surface area contributed by atoms with Gasteiger partial charge in [-0.25, -0.2) is 4.79 Å². The Morgan fingerprint density at radius 1 is 0.969 bits per heavy atom. The highest BCUT2D eigenvalue weighted by Gasteiger charge is 2.18. The molecule has 2 aliphatic rings. The van der Waals surface area contributed by atoms with Crippen LogP contribution in [0.2, 0.25) is 0 Å². The van der Waals surface area contributed by atoms with Crippen LogP contribution in [-0.2, 0) is 6.61 Å². The summed E-state index contributed by atoms with van der Waals surface area (Å²) in [5, 5.41) is 10.1. The molecule has 0 spiro atoms. The molecule has 2 heterocycles. The van der Waals surface area contributed by atoms with Gasteiger partial charge in [0, 0.05) is 6.07 Å². The van der Waals surface area contributed by atoms with E-state index >= 15 is 0 Å². The molecule has 0 saturated carbocycles. The smallest absolute Gasteiger partial charge is 0.349 e. The third-order valence-electron chi connectivity index (χ3n) is 5.15. The van der Waals surface area contributed by atoms with Crippen molar-refractivity contribution in [3.63, 3.8) is 0 Å². The molecule has 0 unspecified atom stereocenters. The van der Waals surface area contributed by atoms with Crippen molar-refractivity contribution in [3.05, 3.63) is 111 Å². The predicted molar refractivity (Wildman–Crippen MR) is 120 cm³/mol. The highest BCUT2D eigenvalue weighted by Crippen LogP contribution is 2.30. The third-order valence-corrected chi connectivity index (χ3v) is 5.15. The second-order valence-electron chi connectivity index (χ2n) is 7.25. The molecule has 5 rings (SSSR count). The summed E-state index contributed by atoms with van der Waals surface area (Å²) in [5.41, 5.74) is 1.81. The molecule has 7 heteroatoms. The van der Waals surface area contributed by atoms with E-state index in [1.54, 1.807) is 28.8 Å². The van der Waals surface area contributed by atoms with Gasteiger partial charge in [-0.2, -0.15) is 10.2 Å². The number of rotatable bonds is 4. The van der Waals surface area contributed by atoms with Gasteiger partial charge >= 0.3 is 5.69 Å². The zero-order valence-corrected chi connectivity index (χ0v) is 16.8. The lowest BCUT2D eigenvalue weighted by Gasteiger charge is -2.18. The summed E-state index contributed by atoms with van der Waals surface area (Å²) in [4.78, 5) is 30.8. The Balaban J connectivity index is 1.71. The average Bonchev–Trinajstić information content (AvgIpc) is 2.82. The van der Waals surface area contributed by atoms with E-state index < -0.39 is 11.2 Å². The van der Waals surface area contributed by atoms with Crippen LogP contribution in [0.1, 0.15) is 11.1 Å². The Morgan fingerprint density at radius 3 is 2.62 bits per heavy atom. The van der Waals surface area contributed by atoms with Gasteiger partial charge in [0.05, 0.1) is 28.4 Å². The Labute approximate surface area is 182 Å². The Bertz CT molecular complexity index is 1580. The normalized spacial score (nSPS) is 10.8. The first-order valence-corrected chi connectivity index (χ1v) is 9.89. The number of nitriles is 1. The Morgan fingerprint density at radius 2 is 1.81 bits per heavy atom. The topological polar surface area (TPSA) is 101 Å². The molecule has 32 heavy (non-hydrogen) atoms. The van der Waals surface area contributed by atoms with Gasteiger partial charge in [-0.1, -0.05) is 42.5 Å². The first kappa shape index (κ1) is 19.3. The van der Waals surface area contributed by atoms with Crippen LogP contribution in [0.25, 0.3) is 28.0 Å². The molecule has 0 atom stereocenters. The van der Waals surface area contributed by atoms with E-state index in [0.29, 0.717) is 29.1 Å². The van der Waals surface area contributed by atoms with Gasteiger partial charge in [0.2, 0.25) is 0 Å². The second-order valence-corrected chi connectivity index (χ2v) is 7.25. The van der Waals surface area contributed by atoms with Crippen molar-refractivity contribution >= 4 is 10.9 Å². The van der Waals surface area contributed by atoms with Crippen LogP contribution >= 0.6 is 0 Å². The number of aromatic amines is 1. The van der Waals surface area contributed by atoms with E-state index in [1.807, 2.05) is 54.6 Å². The maximum Gasteiger partial charge on any atom is 0.349 e. The largest absolute Gasteiger partial charge is 0.489 e. The quantitative estimate of drug-likeness (QED) is 0.448. The van der Waals surface area contributed by atoms with E-state index in [9.17, 15) is 14.9 Å². The summed E-state index contributed by atoms with van der Waals surface area (Å²) < 4.78 is 7.66. The number of nitrogens with one attached hydrogen (secondary N) is 1. The number of aromatic nitrogens is 3. The number of hydrogen-bond donors (Lipinski definition) is 1. The minimum absolute atomic E-state index is 0.210. The lowest BCUT2D eigenvalue weighted by atomic mass is 10.1. The zero-order chi connectivity index (χ0) is 22.1. The van der Waals surface area contributed by atoms with E-state index in [0.717, 1.165) is 10.9 Å². The van der Waals surface area contributed by atoms with Gasteiger partial charge in [-0.3, -0.25) is 14.3 Å². The lowest BCUT2D eigenvalue weighted by molar-refractivity contribution is 0.306. The molecule has 0 aromatic heterocycles. The summed E-state index contributed by atoms with van der Waals surface area (Å²) in [6, 6.07) is 26.1. The highest BCUT2D eigenvalue weighted by atomic mass is 16.5. The fourth-order valence-electron chi connectivity index (χ4n) is 3.66. The maximum absolute atomic E-state index is 12.5. The fraction of sp³-hybridized carbons (Fsp3) is 0.0400. The van der Waals surface area contributed by atoms with Gasteiger partial charge in [-0.05, 0) is 41.3 Å². The molecular formula is C25H16N4O3.